The molecule has 1 saturated carbocycles. The van der Waals surface area contributed by atoms with Crippen LogP contribution < -0.4 is 15.8 Å². The number of benzene rings is 2. The molecule has 4 nitrogen and oxygen atoms in total. The second-order valence-corrected chi connectivity index (χ2v) is 5.96. The molecule has 1 atom stereocenters. The number of nitrogens with two attached hydrogens (primary N) is 1. The highest BCUT2D eigenvalue weighted by atomic mass is 35.5. The maximum Gasteiger partial charge on any atom is 0.251 e. The smallest absolute Gasteiger partial charge is 0.251 e. The summed E-state index contributed by atoms with van der Waals surface area (Å²) in [5, 5.41) is 3.03. The number of ether oxygens (including phenoxy) is 1. The monoisotopic (exact) mass is 346 g/mol. The minimum atomic E-state index is -0.0856. The third-order valence-corrected chi connectivity index (χ3v) is 4.11. The van der Waals surface area contributed by atoms with E-state index in [1.807, 2.05) is 42.5 Å². The fourth-order valence-corrected chi connectivity index (χ4v) is 2.59. The summed E-state index contributed by atoms with van der Waals surface area (Å²) in [4.78, 5) is 12.4. The Morgan fingerprint density at radius 3 is 2.58 bits per heavy atom. The van der Waals surface area contributed by atoms with Gasteiger partial charge in [-0.25, -0.2) is 0 Å². The second-order valence-electron chi connectivity index (χ2n) is 5.96. The van der Waals surface area contributed by atoms with Crippen molar-refractivity contribution in [3.63, 3.8) is 0 Å². The van der Waals surface area contributed by atoms with Crippen LogP contribution in [0.15, 0.2) is 54.6 Å². The average molecular weight is 347 g/mol. The van der Waals surface area contributed by atoms with Crippen molar-refractivity contribution in [1.29, 1.82) is 0 Å². The number of hydrogen-bond acceptors (Lipinski definition) is 3. The molecular formula is C19H23ClN2O2. The lowest BCUT2D eigenvalue weighted by Gasteiger charge is -2.16. The van der Waals surface area contributed by atoms with Crippen LogP contribution in [0.1, 0.15) is 28.8 Å². The van der Waals surface area contributed by atoms with Crippen molar-refractivity contribution in [2.45, 2.75) is 25.5 Å². The standard InChI is InChI=1S/C19H22N2O2.ClH/c20-12-18(15-9-10-15)21-19(22)16-7-4-8-17(11-16)23-13-14-5-2-1-3-6-14;/h1-8,11,15,18H,9-10,12-13,20H2,(H,21,22);1H. The number of halogens is 1. The van der Waals surface area contributed by atoms with Gasteiger partial charge in [0.05, 0.1) is 0 Å². The van der Waals surface area contributed by atoms with E-state index in [1.54, 1.807) is 12.1 Å². The quantitative estimate of drug-likeness (QED) is 0.809. The molecule has 0 heterocycles. The van der Waals surface area contributed by atoms with Gasteiger partial charge in [-0.2, -0.15) is 0 Å². The molecule has 0 aromatic heterocycles. The van der Waals surface area contributed by atoms with Crippen molar-refractivity contribution in [3.8, 4) is 5.75 Å². The summed E-state index contributed by atoms with van der Waals surface area (Å²) in [6.45, 7) is 0.972. The predicted molar refractivity (Wildman–Crippen MR) is 97.5 cm³/mol. The van der Waals surface area contributed by atoms with Gasteiger partial charge >= 0.3 is 0 Å². The molecule has 1 aliphatic rings. The van der Waals surface area contributed by atoms with Crippen LogP contribution in [-0.2, 0) is 6.61 Å². The van der Waals surface area contributed by atoms with E-state index in [0.717, 1.165) is 18.4 Å². The van der Waals surface area contributed by atoms with Crippen molar-refractivity contribution in [2.75, 3.05) is 6.54 Å². The van der Waals surface area contributed by atoms with Crippen LogP contribution in [0.25, 0.3) is 0 Å². The van der Waals surface area contributed by atoms with Crippen LogP contribution >= 0.6 is 12.4 Å². The molecule has 0 saturated heterocycles. The first-order valence-electron chi connectivity index (χ1n) is 8.04. The number of amides is 1. The molecule has 1 amide bonds. The molecule has 0 radical (unpaired) electrons. The second kappa shape index (κ2) is 8.71. The van der Waals surface area contributed by atoms with E-state index in [9.17, 15) is 4.79 Å². The molecule has 3 rings (SSSR count). The molecular weight excluding hydrogens is 324 g/mol. The van der Waals surface area contributed by atoms with E-state index in [0.29, 0.717) is 30.4 Å². The fourth-order valence-electron chi connectivity index (χ4n) is 2.59. The maximum atomic E-state index is 12.4. The van der Waals surface area contributed by atoms with Gasteiger partial charge in [-0.1, -0.05) is 36.4 Å². The van der Waals surface area contributed by atoms with Crippen LogP contribution in [0.4, 0.5) is 0 Å². The molecule has 0 aliphatic heterocycles. The Hall–Kier alpha value is -2.04. The lowest BCUT2D eigenvalue weighted by Crippen LogP contribution is -2.41. The predicted octanol–water partition coefficient (Wildman–Crippen LogP) is 3.15. The Labute approximate surface area is 148 Å². The summed E-state index contributed by atoms with van der Waals surface area (Å²) >= 11 is 0. The molecule has 24 heavy (non-hydrogen) atoms. The van der Waals surface area contributed by atoms with Gasteiger partial charge in [0.15, 0.2) is 0 Å². The van der Waals surface area contributed by atoms with E-state index >= 15 is 0 Å². The Bertz CT molecular complexity index is 659. The van der Waals surface area contributed by atoms with Crippen molar-refractivity contribution in [3.05, 3.63) is 65.7 Å². The van der Waals surface area contributed by atoms with Gasteiger partial charge in [0.25, 0.3) is 5.91 Å². The van der Waals surface area contributed by atoms with Crippen molar-refractivity contribution >= 4 is 18.3 Å². The lowest BCUT2D eigenvalue weighted by molar-refractivity contribution is 0.0933. The Morgan fingerprint density at radius 1 is 1.17 bits per heavy atom. The largest absolute Gasteiger partial charge is 0.489 e. The first-order chi connectivity index (χ1) is 11.3. The zero-order valence-corrected chi connectivity index (χ0v) is 14.3. The highest BCUT2D eigenvalue weighted by Crippen LogP contribution is 2.32. The molecule has 1 unspecified atom stereocenters. The summed E-state index contributed by atoms with van der Waals surface area (Å²) in [6.07, 6.45) is 2.31. The van der Waals surface area contributed by atoms with Crippen molar-refractivity contribution < 1.29 is 9.53 Å². The summed E-state index contributed by atoms with van der Waals surface area (Å²) in [5.74, 6) is 1.15. The van der Waals surface area contributed by atoms with Crippen LogP contribution in [0.2, 0.25) is 0 Å². The molecule has 1 aliphatic carbocycles. The van der Waals surface area contributed by atoms with Crippen LogP contribution in [0.3, 0.4) is 0 Å². The first-order valence-corrected chi connectivity index (χ1v) is 8.04. The van der Waals surface area contributed by atoms with Crippen LogP contribution in [-0.4, -0.2) is 18.5 Å². The minimum absolute atomic E-state index is 0. The zero-order chi connectivity index (χ0) is 16.1. The van der Waals surface area contributed by atoms with E-state index in [4.69, 9.17) is 10.5 Å². The van der Waals surface area contributed by atoms with Gasteiger partial charge in [0, 0.05) is 18.2 Å². The van der Waals surface area contributed by atoms with E-state index in [2.05, 4.69) is 5.32 Å². The first kappa shape index (κ1) is 18.3. The summed E-state index contributed by atoms with van der Waals surface area (Å²) in [5.41, 5.74) is 7.45. The van der Waals surface area contributed by atoms with Gasteiger partial charge in [0.2, 0.25) is 0 Å². The molecule has 1 fully saturated rings. The molecule has 5 heteroatoms. The van der Waals surface area contributed by atoms with Crippen molar-refractivity contribution in [1.82, 2.24) is 5.32 Å². The SMILES string of the molecule is Cl.NCC(NC(=O)c1cccc(OCc2ccccc2)c1)C1CC1. The Balaban J connectivity index is 0.00000208. The van der Waals surface area contributed by atoms with Gasteiger partial charge in [-0.05, 0) is 42.5 Å². The Kier molecular flexibility index (Phi) is 6.64. The van der Waals surface area contributed by atoms with E-state index in [1.165, 1.54) is 0 Å². The molecule has 3 N–H and O–H groups in total. The highest BCUT2D eigenvalue weighted by Gasteiger charge is 2.31. The summed E-state index contributed by atoms with van der Waals surface area (Å²) < 4.78 is 5.77. The maximum absolute atomic E-state index is 12.4. The zero-order valence-electron chi connectivity index (χ0n) is 13.5. The van der Waals surface area contributed by atoms with Crippen LogP contribution in [0, 0.1) is 5.92 Å². The van der Waals surface area contributed by atoms with Gasteiger partial charge < -0.3 is 15.8 Å². The van der Waals surface area contributed by atoms with Crippen molar-refractivity contribution in [2.24, 2.45) is 11.7 Å². The summed E-state index contributed by atoms with van der Waals surface area (Å²) in [7, 11) is 0. The average Bonchev–Trinajstić information content (AvgIpc) is 3.44. The molecule has 128 valence electrons. The topological polar surface area (TPSA) is 64.3 Å². The molecule has 2 aromatic rings. The third kappa shape index (κ3) is 4.98. The summed E-state index contributed by atoms with van der Waals surface area (Å²) in [6, 6.07) is 17.3. The van der Waals surface area contributed by atoms with E-state index in [-0.39, 0.29) is 24.4 Å². The number of carbonyl (C=O) groups excluding carboxylic acids is 1. The number of rotatable bonds is 7. The third-order valence-electron chi connectivity index (χ3n) is 4.11. The number of nitrogens with one attached hydrogen (secondary N) is 1. The molecule has 0 spiro atoms. The highest BCUT2D eigenvalue weighted by molar-refractivity contribution is 5.94. The van der Waals surface area contributed by atoms with E-state index < -0.39 is 0 Å². The van der Waals surface area contributed by atoms with Gasteiger partial charge in [-0.3, -0.25) is 4.79 Å². The molecule has 2 aromatic carbocycles. The normalized spacial score (nSPS) is 14.4. The number of hydrogen-bond donors (Lipinski definition) is 2. The molecule has 0 bridgehead atoms. The lowest BCUT2D eigenvalue weighted by atomic mass is 10.1. The van der Waals surface area contributed by atoms with Gasteiger partial charge in [-0.15, -0.1) is 12.4 Å². The number of carbonyl (C=O) groups is 1. The minimum Gasteiger partial charge on any atom is -0.489 e. The Morgan fingerprint density at radius 2 is 1.92 bits per heavy atom. The van der Waals surface area contributed by atoms with Crippen LogP contribution in [0.5, 0.6) is 5.75 Å². The van der Waals surface area contributed by atoms with Gasteiger partial charge in [0.1, 0.15) is 12.4 Å². The fraction of sp³-hybridized carbons (Fsp3) is 0.316.